The van der Waals surface area contributed by atoms with E-state index in [1.54, 1.807) is 18.9 Å². The first-order valence-electron chi connectivity index (χ1n) is 6.11. The van der Waals surface area contributed by atoms with Crippen molar-refractivity contribution in [1.29, 1.82) is 0 Å². The summed E-state index contributed by atoms with van der Waals surface area (Å²) >= 11 is 8.42. The molecule has 1 aromatic rings. The van der Waals surface area contributed by atoms with Gasteiger partial charge in [0.2, 0.25) is 5.91 Å². The maximum Gasteiger partial charge on any atom is 0.235 e. The zero-order valence-corrected chi connectivity index (χ0v) is 13.8. The van der Waals surface area contributed by atoms with Gasteiger partial charge in [-0.2, -0.15) is 0 Å². The normalized spacial score (nSPS) is 13.7. The molecule has 1 atom stereocenters. The van der Waals surface area contributed by atoms with Crippen molar-refractivity contribution in [1.82, 2.24) is 4.90 Å². The van der Waals surface area contributed by atoms with Gasteiger partial charge in [0.25, 0.3) is 0 Å². The van der Waals surface area contributed by atoms with E-state index in [0.29, 0.717) is 13.0 Å². The molecule has 1 rings (SSSR count). The Morgan fingerprint density at radius 1 is 1.42 bits per heavy atom. The van der Waals surface area contributed by atoms with Crippen molar-refractivity contribution in [2.24, 2.45) is 11.1 Å². The van der Waals surface area contributed by atoms with E-state index in [9.17, 15) is 4.79 Å². The number of halogens is 1. The fourth-order valence-corrected chi connectivity index (χ4v) is 2.28. The second-order valence-corrected chi connectivity index (χ2v) is 6.19. The van der Waals surface area contributed by atoms with Gasteiger partial charge in [-0.25, -0.2) is 0 Å². The summed E-state index contributed by atoms with van der Waals surface area (Å²) < 4.78 is 1.02. The SMILES string of the molecule is CCC(C)(C(=O)N(C)Cc1ccc(Br)cc1)C(N)=S. The zero-order chi connectivity index (χ0) is 14.6. The van der Waals surface area contributed by atoms with Crippen LogP contribution in [0.3, 0.4) is 0 Å². The number of hydrogen-bond donors (Lipinski definition) is 1. The average Bonchev–Trinajstić information content (AvgIpc) is 2.39. The summed E-state index contributed by atoms with van der Waals surface area (Å²) in [5.41, 5.74) is 6.02. The number of rotatable bonds is 5. The maximum absolute atomic E-state index is 12.5. The summed E-state index contributed by atoms with van der Waals surface area (Å²) in [6, 6.07) is 7.89. The average molecular weight is 343 g/mol. The number of carbonyl (C=O) groups is 1. The fourth-order valence-electron chi connectivity index (χ4n) is 1.79. The summed E-state index contributed by atoms with van der Waals surface area (Å²) in [6.07, 6.45) is 0.603. The molecule has 5 heteroatoms. The molecule has 0 radical (unpaired) electrons. The van der Waals surface area contributed by atoms with Crippen molar-refractivity contribution in [3.63, 3.8) is 0 Å². The number of carbonyl (C=O) groups excluding carboxylic acids is 1. The van der Waals surface area contributed by atoms with E-state index in [1.807, 2.05) is 31.2 Å². The van der Waals surface area contributed by atoms with E-state index in [2.05, 4.69) is 15.9 Å². The Morgan fingerprint density at radius 2 is 1.95 bits per heavy atom. The summed E-state index contributed by atoms with van der Waals surface area (Å²) in [5, 5.41) is 0. The van der Waals surface area contributed by atoms with Gasteiger partial charge >= 0.3 is 0 Å². The number of nitrogens with zero attached hydrogens (tertiary/aromatic N) is 1. The molecule has 0 fully saturated rings. The lowest BCUT2D eigenvalue weighted by molar-refractivity contribution is -0.136. The van der Waals surface area contributed by atoms with E-state index in [-0.39, 0.29) is 10.9 Å². The Labute approximate surface area is 128 Å². The molecule has 0 aliphatic carbocycles. The quantitative estimate of drug-likeness (QED) is 0.836. The van der Waals surface area contributed by atoms with Crippen LogP contribution >= 0.6 is 28.1 Å². The predicted molar refractivity (Wildman–Crippen MR) is 85.8 cm³/mol. The molecule has 1 aromatic carbocycles. The lowest BCUT2D eigenvalue weighted by Gasteiger charge is -2.31. The predicted octanol–water partition coefficient (Wildman–Crippen LogP) is 3.11. The van der Waals surface area contributed by atoms with Crippen LogP contribution in [-0.4, -0.2) is 22.8 Å². The second-order valence-electron chi connectivity index (χ2n) is 4.84. The molecular weight excluding hydrogens is 324 g/mol. The molecule has 0 bridgehead atoms. The molecule has 19 heavy (non-hydrogen) atoms. The summed E-state index contributed by atoms with van der Waals surface area (Å²) in [5.74, 6) is -0.0366. The molecule has 0 aromatic heterocycles. The smallest absolute Gasteiger partial charge is 0.235 e. The standard InChI is InChI=1S/C14H19BrN2OS/c1-4-14(2,12(16)19)13(18)17(3)9-10-5-7-11(15)8-6-10/h5-8H,4,9H2,1-3H3,(H2,16,19). The van der Waals surface area contributed by atoms with E-state index in [0.717, 1.165) is 10.0 Å². The minimum Gasteiger partial charge on any atom is -0.392 e. The first-order chi connectivity index (χ1) is 8.81. The minimum absolute atomic E-state index is 0.0366. The fraction of sp³-hybridized carbons (Fsp3) is 0.429. The van der Waals surface area contributed by atoms with E-state index < -0.39 is 5.41 Å². The third-order valence-electron chi connectivity index (χ3n) is 3.40. The van der Waals surface area contributed by atoms with Crippen LogP contribution in [0.15, 0.2) is 28.7 Å². The van der Waals surface area contributed by atoms with Crippen molar-refractivity contribution in [2.75, 3.05) is 7.05 Å². The van der Waals surface area contributed by atoms with Crippen molar-refractivity contribution in [3.8, 4) is 0 Å². The van der Waals surface area contributed by atoms with Crippen LogP contribution in [0.2, 0.25) is 0 Å². The highest BCUT2D eigenvalue weighted by Gasteiger charge is 2.36. The van der Waals surface area contributed by atoms with Crippen molar-refractivity contribution in [3.05, 3.63) is 34.3 Å². The molecule has 1 unspecified atom stereocenters. The van der Waals surface area contributed by atoms with Gasteiger partial charge in [-0.1, -0.05) is 47.2 Å². The molecule has 1 amide bonds. The lowest BCUT2D eigenvalue weighted by Crippen LogP contribution is -2.47. The molecule has 0 aliphatic rings. The van der Waals surface area contributed by atoms with Crippen LogP contribution < -0.4 is 5.73 Å². The topological polar surface area (TPSA) is 46.3 Å². The zero-order valence-electron chi connectivity index (χ0n) is 11.4. The molecule has 0 saturated carbocycles. The lowest BCUT2D eigenvalue weighted by atomic mass is 9.86. The van der Waals surface area contributed by atoms with Gasteiger partial charge < -0.3 is 10.6 Å². The molecule has 2 N–H and O–H groups in total. The molecular formula is C14H19BrN2OS. The van der Waals surface area contributed by atoms with Gasteiger partial charge in [-0.3, -0.25) is 4.79 Å². The highest BCUT2D eigenvalue weighted by molar-refractivity contribution is 9.10. The molecule has 0 saturated heterocycles. The van der Waals surface area contributed by atoms with Gasteiger partial charge in [-0.15, -0.1) is 0 Å². The van der Waals surface area contributed by atoms with Gasteiger partial charge in [0.1, 0.15) is 0 Å². The largest absolute Gasteiger partial charge is 0.392 e. The second kappa shape index (κ2) is 6.48. The Balaban J connectivity index is 2.83. The maximum atomic E-state index is 12.5. The molecule has 0 aliphatic heterocycles. The van der Waals surface area contributed by atoms with Crippen molar-refractivity contribution < 1.29 is 4.79 Å². The van der Waals surface area contributed by atoms with Crippen LogP contribution in [0.5, 0.6) is 0 Å². The molecule has 0 heterocycles. The van der Waals surface area contributed by atoms with E-state index in [4.69, 9.17) is 18.0 Å². The molecule has 0 spiro atoms. The molecule has 104 valence electrons. The van der Waals surface area contributed by atoms with E-state index in [1.165, 1.54) is 0 Å². The molecule has 3 nitrogen and oxygen atoms in total. The Kier molecular flexibility index (Phi) is 5.50. The highest BCUT2D eigenvalue weighted by Crippen LogP contribution is 2.25. The first-order valence-corrected chi connectivity index (χ1v) is 7.31. The number of amides is 1. The van der Waals surface area contributed by atoms with Crippen LogP contribution in [0, 0.1) is 5.41 Å². The van der Waals surface area contributed by atoms with Gasteiger partial charge in [-0.05, 0) is 31.0 Å². The van der Waals surface area contributed by atoms with E-state index >= 15 is 0 Å². The summed E-state index contributed by atoms with van der Waals surface area (Å²) in [6.45, 7) is 4.27. The van der Waals surface area contributed by atoms with Gasteiger partial charge in [0, 0.05) is 18.1 Å². The van der Waals surface area contributed by atoms with Crippen LogP contribution in [0.4, 0.5) is 0 Å². The summed E-state index contributed by atoms with van der Waals surface area (Å²) in [7, 11) is 1.77. The third-order valence-corrected chi connectivity index (χ3v) is 4.38. The Hall–Kier alpha value is -0.940. The van der Waals surface area contributed by atoms with Crippen molar-refractivity contribution >= 4 is 39.0 Å². The Morgan fingerprint density at radius 3 is 2.37 bits per heavy atom. The van der Waals surface area contributed by atoms with Crippen molar-refractivity contribution in [2.45, 2.75) is 26.8 Å². The monoisotopic (exact) mass is 342 g/mol. The first kappa shape index (κ1) is 16.1. The van der Waals surface area contributed by atoms with Crippen LogP contribution in [0.1, 0.15) is 25.8 Å². The van der Waals surface area contributed by atoms with Gasteiger partial charge in [0.05, 0.1) is 10.4 Å². The Bertz CT molecular complexity index is 475. The van der Waals surface area contributed by atoms with Gasteiger partial charge in [0.15, 0.2) is 0 Å². The minimum atomic E-state index is -0.764. The number of thiocarbonyl (C=S) groups is 1. The van der Waals surface area contributed by atoms with Crippen LogP contribution in [0.25, 0.3) is 0 Å². The van der Waals surface area contributed by atoms with Crippen LogP contribution in [-0.2, 0) is 11.3 Å². The number of nitrogens with two attached hydrogens (primary N) is 1. The third kappa shape index (κ3) is 3.76. The summed E-state index contributed by atoms with van der Waals surface area (Å²) in [4.78, 5) is 14.4. The highest BCUT2D eigenvalue weighted by atomic mass is 79.9. The number of benzene rings is 1. The number of hydrogen-bond acceptors (Lipinski definition) is 2.